The second-order valence-corrected chi connectivity index (χ2v) is 7.53. The monoisotopic (exact) mass is 385 g/mol. The molecule has 3 rings (SSSR count). The van der Waals surface area contributed by atoms with Crippen molar-refractivity contribution < 1.29 is 17.9 Å². The van der Waals surface area contributed by atoms with Crippen LogP contribution in [-0.2, 0) is 10.0 Å². The number of sulfonamides is 1. The zero-order chi connectivity index (χ0) is 19.4. The van der Waals surface area contributed by atoms with Crippen molar-refractivity contribution in [3.8, 4) is 11.4 Å². The summed E-state index contributed by atoms with van der Waals surface area (Å²) in [6.07, 6.45) is 3.58. The SMILES string of the molecule is CCOc1ccc(S(=O)(=O)NC(=O)c2ccc(-n3cc(C)cn3)cc2)cc1. The number of aromatic nitrogens is 2. The summed E-state index contributed by atoms with van der Waals surface area (Å²) in [6.45, 7) is 4.25. The average molecular weight is 385 g/mol. The largest absolute Gasteiger partial charge is 0.494 e. The minimum absolute atomic E-state index is 0.0112. The molecular formula is C19H19N3O4S. The number of hydrogen-bond acceptors (Lipinski definition) is 5. The zero-order valence-electron chi connectivity index (χ0n) is 14.9. The molecule has 0 spiro atoms. The molecule has 1 amide bonds. The van der Waals surface area contributed by atoms with Crippen LogP contribution in [0.15, 0.2) is 65.8 Å². The Labute approximate surface area is 157 Å². The first-order valence-corrected chi connectivity index (χ1v) is 9.79. The molecule has 140 valence electrons. The maximum atomic E-state index is 12.4. The molecule has 7 nitrogen and oxygen atoms in total. The summed E-state index contributed by atoms with van der Waals surface area (Å²) in [5.74, 6) is -0.140. The lowest BCUT2D eigenvalue weighted by atomic mass is 10.2. The van der Waals surface area contributed by atoms with Gasteiger partial charge in [-0.05, 0) is 67.9 Å². The van der Waals surface area contributed by atoms with Crippen LogP contribution >= 0.6 is 0 Å². The van der Waals surface area contributed by atoms with Crippen molar-refractivity contribution in [1.82, 2.24) is 14.5 Å². The molecule has 0 unspecified atom stereocenters. The van der Waals surface area contributed by atoms with Crippen molar-refractivity contribution in [1.29, 1.82) is 0 Å². The quantitative estimate of drug-likeness (QED) is 0.705. The highest BCUT2D eigenvalue weighted by atomic mass is 32.2. The molecule has 0 radical (unpaired) electrons. The minimum atomic E-state index is -3.97. The van der Waals surface area contributed by atoms with Gasteiger partial charge in [-0.25, -0.2) is 17.8 Å². The van der Waals surface area contributed by atoms with Crippen LogP contribution in [0, 0.1) is 6.92 Å². The number of ether oxygens (including phenoxy) is 1. The van der Waals surface area contributed by atoms with E-state index in [0.717, 1.165) is 11.3 Å². The first-order chi connectivity index (χ1) is 12.9. The zero-order valence-corrected chi connectivity index (χ0v) is 15.7. The number of benzene rings is 2. The lowest BCUT2D eigenvalue weighted by Gasteiger charge is -2.09. The predicted molar refractivity (Wildman–Crippen MR) is 101 cm³/mol. The van der Waals surface area contributed by atoms with Crippen LogP contribution in [0.25, 0.3) is 5.69 Å². The van der Waals surface area contributed by atoms with Crippen molar-refractivity contribution in [2.75, 3.05) is 6.61 Å². The highest BCUT2D eigenvalue weighted by Crippen LogP contribution is 2.16. The average Bonchev–Trinajstić information content (AvgIpc) is 3.09. The molecule has 0 saturated heterocycles. The number of hydrogen-bond donors (Lipinski definition) is 1. The van der Waals surface area contributed by atoms with E-state index >= 15 is 0 Å². The third-order valence-corrected chi connectivity index (χ3v) is 5.12. The summed E-state index contributed by atoms with van der Waals surface area (Å²) in [7, 11) is -3.97. The van der Waals surface area contributed by atoms with Crippen LogP contribution in [0.4, 0.5) is 0 Å². The van der Waals surface area contributed by atoms with Crippen LogP contribution in [0.2, 0.25) is 0 Å². The van der Waals surface area contributed by atoms with Gasteiger partial charge in [0.25, 0.3) is 15.9 Å². The van der Waals surface area contributed by atoms with Crippen molar-refractivity contribution in [3.63, 3.8) is 0 Å². The van der Waals surface area contributed by atoms with E-state index in [1.54, 1.807) is 47.3 Å². The maximum absolute atomic E-state index is 12.4. The highest BCUT2D eigenvalue weighted by molar-refractivity contribution is 7.90. The van der Waals surface area contributed by atoms with Crippen molar-refractivity contribution in [2.45, 2.75) is 18.7 Å². The van der Waals surface area contributed by atoms with Crippen LogP contribution in [0.5, 0.6) is 5.75 Å². The van der Waals surface area contributed by atoms with E-state index in [4.69, 9.17) is 4.74 Å². The Morgan fingerprint density at radius 1 is 1.11 bits per heavy atom. The fourth-order valence-electron chi connectivity index (χ4n) is 2.44. The third kappa shape index (κ3) is 4.35. The lowest BCUT2D eigenvalue weighted by molar-refractivity contribution is 0.0981. The van der Waals surface area contributed by atoms with E-state index in [2.05, 4.69) is 9.82 Å². The number of carbonyl (C=O) groups is 1. The van der Waals surface area contributed by atoms with E-state index in [-0.39, 0.29) is 10.5 Å². The van der Waals surface area contributed by atoms with E-state index in [1.807, 2.05) is 20.0 Å². The molecule has 3 aromatic rings. The molecule has 27 heavy (non-hydrogen) atoms. The number of nitrogens with one attached hydrogen (secondary N) is 1. The lowest BCUT2D eigenvalue weighted by Crippen LogP contribution is -2.30. The van der Waals surface area contributed by atoms with Gasteiger partial charge in [0, 0.05) is 11.8 Å². The molecule has 0 fully saturated rings. The van der Waals surface area contributed by atoms with Gasteiger partial charge >= 0.3 is 0 Å². The Bertz CT molecular complexity index is 1040. The Kier molecular flexibility index (Phi) is 5.27. The first kappa shape index (κ1) is 18.7. The Morgan fingerprint density at radius 2 is 1.78 bits per heavy atom. The van der Waals surface area contributed by atoms with Crippen LogP contribution in [-0.4, -0.2) is 30.7 Å². The van der Waals surface area contributed by atoms with Crippen molar-refractivity contribution in [3.05, 3.63) is 72.1 Å². The van der Waals surface area contributed by atoms with Gasteiger partial charge < -0.3 is 4.74 Å². The van der Waals surface area contributed by atoms with Crippen LogP contribution in [0.1, 0.15) is 22.8 Å². The minimum Gasteiger partial charge on any atom is -0.494 e. The fourth-order valence-corrected chi connectivity index (χ4v) is 3.42. The van der Waals surface area contributed by atoms with E-state index in [0.29, 0.717) is 12.4 Å². The molecule has 0 saturated carbocycles. The van der Waals surface area contributed by atoms with Gasteiger partial charge in [0.15, 0.2) is 0 Å². The Hall–Kier alpha value is -3.13. The number of nitrogens with zero attached hydrogens (tertiary/aromatic N) is 2. The molecule has 0 aliphatic carbocycles. The summed E-state index contributed by atoms with van der Waals surface area (Å²) >= 11 is 0. The number of rotatable bonds is 6. The highest BCUT2D eigenvalue weighted by Gasteiger charge is 2.19. The summed E-state index contributed by atoms with van der Waals surface area (Å²) < 4.78 is 33.8. The molecule has 0 atom stereocenters. The summed E-state index contributed by atoms with van der Waals surface area (Å²) in [6, 6.07) is 12.4. The molecule has 2 aromatic carbocycles. The molecule has 1 N–H and O–H groups in total. The van der Waals surface area contributed by atoms with Gasteiger partial charge in [-0.3, -0.25) is 4.79 Å². The Balaban J connectivity index is 1.73. The normalized spacial score (nSPS) is 11.2. The second-order valence-electron chi connectivity index (χ2n) is 5.85. The standard InChI is InChI=1S/C19H19N3O4S/c1-3-26-17-8-10-18(11-9-17)27(24,25)21-19(23)15-4-6-16(7-5-15)22-13-14(2)12-20-22/h4-13H,3H2,1-2H3,(H,21,23). The molecule has 1 heterocycles. The van der Waals surface area contributed by atoms with E-state index < -0.39 is 15.9 Å². The van der Waals surface area contributed by atoms with E-state index in [9.17, 15) is 13.2 Å². The molecule has 0 bridgehead atoms. The first-order valence-electron chi connectivity index (χ1n) is 8.31. The topological polar surface area (TPSA) is 90.3 Å². The van der Waals surface area contributed by atoms with Gasteiger partial charge in [-0.15, -0.1) is 0 Å². The second kappa shape index (κ2) is 7.63. The molecule has 0 aliphatic heterocycles. The predicted octanol–water partition coefficient (Wildman–Crippen LogP) is 2.70. The summed E-state index contributed by atoms with van der Waals surface area (Å²) in [5.41, 5.74) is 2.02. The Morgan fingerprint density at radius 3 is 2.33 bits per heavy atom. The molecule has 1 aromatic heterocycles. The summed E-state index contributed by atoms with van der Waals surface area (Å²) in [5, 5.41) is 4.19. The van der Waals surface area contributed by atoms with Crippen LogP contribution < -0.4 is 9.46 Å². The van der Waals surface area contributed by atoms with Gasteiger partial charge in [0.05, 0.1) is 23.4 Å². The number of carbonyl (C=O) groups excluding carboxylic acids is 1. The molecular weight excluding hydrogens is 366 g/mol. The number of amides is 1. The third-order valence-electron chi connectivity index (χ3n) is 3.78. The van der Waals surface area contributed by atoms with Gasteiger partial charge in [-0.1, -0.05) is 0 Å². The van der Waals surface area contributed by atoms with Gasteiger partial charge in [0.2, 0.25) is 0 Å². The maximum Gasteiger partial charge on any atom is 0.264 e. The van der Waals surface area contributed by atoms with E-state index in [1.165, 1.54) is 12.1 Å². The molecule has 8 heteroatoms. The van der Waals surface area contributed by atoms with Crippen molar-refractivity contribution in [2.24, 2.45) is 0 Å². The fraction of sp³-hybridized carbons (Fsp3) is 0.158. The van der Waals surface area contributed by atoms with Crippen LogP contribution in [0.3, 0.4) is 0 Å². The number of aryl methyl sites for hydroxylation is 1. The van der Waals surface area contributed by atoms with Crippen molar-refractivity contribution >= 4 is 15.9 Å². The summed E-state index contributed by atoms with van der Waals surface area (Å²) in [4.78, 5) is 12.3. The molecule has 0 aliphatic rings. The van der Waals surface area contributed by atoms with Gasteiger partial charge in [0.1, 0.15) is 5.75 Å². The smallest absolute Gasteiger partial charge is 0.264 e. The van der Waals surface area contributed by atoms with Gasteiger partial charge in [-0.2, -0.15) is 5.10 Å².